The maximum atomic E-state index is 11.4. The summed E-state index contributed by atoms with van der Waals surface area (Å²) < 4.78 is 24.2. The summed E-state index contributed by atoms with van der Waals surface area (Å²) >= 11 is 0. The highest BCUT2D eigenvalue weighted by atomic mass is 28.3. The van der Waals surface area contributed by atoms with Gasteiger partial charge in [-0.15, -0.1) is 5.10 Å². The first-order chi connectivity index (χ1) is 18.3. The Morgan fingerprint density at radius 2 is 2.05 bits per heavy atom. The van der Waals surface area contributed by atoms with Crippen molar-refractivity contribution in [3.8, 4) is 11.9 Å². The average molecular weight is 556 g/mol. The first-order valence-electron chi connectivity index (χ1n) is 13.2. The van der Waals surface area contributed by atoms with Gasteiger partial charge in [0, 0.05) is 24.4 Å². The van der Waals surface area contributed by atoms with Gasteiger partial charge in [-0.3, -0.25) is 4.79 Å². The number of nitrogens with zero attached hydrogens (tertiary/aromatic N) is 5. The Labute approximate surface area is 231 Å². The van der Waals surface area contributed by atoms with Crippen LogP contribution >= 0.6 is 0 Å². The molecular formula is C28H41N5O5Si. The molecule has 0 aliphatic carbocycles. The van der Waals surface area contributed by atoms with E-state index in [9.17, 15) is 9.90 Å². The Morgan fingerprint density at radius 1 is 1.31 bits per heavy atom. The molecule has 2 aromatic rings. The van der Waals surface area contributed by atoms with Gasteiger partial charge in [0.2, 0.25) is 11.7 Å². The van der Waals surface area contributed by atoms with Crippen LogP contribution in [0.15, 0.2) is 35.1 Å². The molecule has 11 heteroatoms. The van der Waals surface area contributed by atoms with E-state index in [1.54, 1.807) is 24.7 Å². The number of carbonyl (C=O) groups is 1. The SMILES string of the molecule is C\C=C(/C=C\C1=N\[Si](C)(C)CCOCn2nc1nc2OCC(C)C)c1cnc(OCC(C)(C)C(=O)O)cc1C. The monoisotopic (exact) mass is 555 g/mol. The number of carboxylic acids is 1. The molecule has 3 rings (SSSR count). The van der Waals surface area contributed by atoms with Crippen LogP contribution in [0.2, 0.25) is 19.1 Å². The zero-order valence-corrected chi connectivity index (χ0v) is 25.3. The van der Waals surface area contributed by atoms with E-state index in [-0.39, 0.29) is 13.3 Å². The highest BCUT2D eigenvalue weighted by molar-refractivity contribution is 6.77. The van der Waals surface area contributed by atoms with Crippen LogP contribution in [-0.2, 0) is 16.3 Å². The molecule has 0 radical (unpaired) electrons. The largest absolute Gasteiger partial charge is 0.481 e. The van der Waals surface area contributed by atoms with Crippen LogP contribution < -0.4 is 9.47 Å². The summed E-state index contributed by atoms with van der Waals surface area (Å²) in [6.07, 6.45) is 7.71. The fourth-order valence-electron chi connectivity index (χ4n) is 3.62. The third kappa shape index (κ3) is 8.33. The Kier molecular flexibility index (Phi) is 9.84. The maximum Gasteiger partial charge on any atom is 0.317 e. The third-order valence-electron chi connectivity index (χ3n) is 6.20. The van der Waals surface area contributed by atoms with E-state index in [0.29, 0.717) is 42.6 Å². The molecule has 10 nitrogen and oxygen atoms in total. The first kappa shape index (κ1) is 30.2. The van der Waals surface area contributed by atoms with Gasteiger partial charge in [-0.1, -0.05) is 26.0 Å². The van der Waals surface area contributed by atoms with Crippen LogP contribution in [0, 0.1) is 18.3 Å². The quantitative estimate of drug-likeness (QED) is 0.316. The highest BCUT2D eigenvalue weighted by Gasteiger charge is 2.28. The van der Waals surface area contributed by atoms with Gasteiger partial charge in [-0.05, 0) is 70.0 Å². The van der Waals surface area contributed by atoms with Crippen molar-refractivity contribution < 1.29 is 24.1 Å². The molecule has 1 aliphatic heterocycles. The fourth-order valence-corrected chi connectivity index (χ4v) is 5.21. The minimum Gasteiger partial charge on any atom is -0.481 e. The number of ether oxygens (including phenoxy) is 3. The predicted molar refractivity (Wildman–Crippen MR) is 154 cm³/mol. The fraction of sp³-hybridized carbons (Fsp3) is 0.536. The second-order valence-corrected chi connectivity index (χ2v) is 15.8. The molecular weight excluding hydrogens is 514 g/mol. The molecule has 0 saturated heterocycles. The number of hydrogen-bond acceptors (Lipinski definition) is 8. The van der Waals surface area contributed by atoms with E-state index in [1.807, 2.05) is 38.1 Å². The number of fused-ring (bicyclic) bond motifs is 2. The standard InChI is InChI=1S/C28H41N5O5Si/c1-9-21(22-15-29-24(14-20(22)4)38-17-28(5,6)26(34)35)10-11-23-25-30-27(37-16-19(2)3)33(31-25)18-36-12-13-39(7,8)32-23/h9-11,14-15,19H,12-13,16-18H2,1-8H3,(H,34,35)/b11-10-,21-9+,32-23-. The number of carboxylic acid groups (broad SMARTS) is 1. The number of hydrogen-bond donors (Lipinski definition) is 1. The van der Waals surface area contributed by atoms with E-state index in [4.69, 9.17) is 18.9 Å². The molecule has 3 heterocycles. The van der Waals surface area contributed by atoms with Crippen molar-refractivity contribution in [2.24, 2.45) is 16.0 Å². The maximum absolute atomic E-state index is 11.4. The molecule has 39 heavy (non-hydrogen) atoms. The minimum atomic E-state index is -1.99. The zero-order valence-electron chi connectivity index (χ0n) is 24.3. The Bertz CT molecular complexity index is 1260. The molecule has 2 aromatic heterocycles. The number of allylic oxidation sites excluding steroid dienone is 4. The molecule has 2 bridgehead atoms. The van der Waals surface area contributed by atoms with Gasteiger partial charge in [0.1, 0.15) is 13.3 Å². The molecule has 0 aromatic carbocycles. The van der Waals surface area contributed by atoms with Gasteiger partial charge in [-0.2, -0.15) is 9.67 Å². The summed E-state index contributed by atoms with van der Waals surface area (Å²) in [6, 6.07) is 3.13. The third-order valence-corrected chi connectivity index (χ3v) is 8.47. The van der Waals surface area contributed by atoms with Crippen LogP contribution in [0.1, 0.15) is 51.6 Å². The second-order valence-electron chi connectivity index (χ2n) is 11.4. The normalized spacial score (nSPS) is 17.7. The van der Waals surface area contributed by atoms with Crippen molar-refractivity contribution in [2.45, 2.75) is 67.4 Å². The lowest BCUT2D eigenvalue weighted by Gasteiger charge is -2.19. The first-order valence-corrected chi connectivity index (χ1v) is 16.4. The predicted octanol–water partition coefficient (Wildman–Crippen LogP) is 5.15. The number of aryl methyl sites for hydroxylation is 1. The van der Waals surface area contributed by atoms with Gasteiger partial charge in [0.25, 0.3) is 0 Å². The van der Waals surface area contributed by atoms with Gasteiger partial charge in [0.05, 0.1) is 17.7 Å². The van der Waals surface area contributed by atoms with E-state index in [2.05, 4.69) is 42.0 Å². The van der Waals surface area contributed by atoms with Crippen molar-refractivity contribution in [1.82, 2.24) is 19.7 Å². The molecule has 0 atom stereocenters. The van der Waals surface area contributed by atoms with E-state index in [0.717, 1.165) is 22.7 Å². The molecule has 0 saturated carbocycles. The Balaban J connectivity index is 1.89. The van der Waals surface area contributed by atoms with Gasteiger partial charge < -0.3 is 24.0 Å². The topological polar surface area (TPSA) is 121 Å². The Hall–Kier alpha value is -3.31. The van der Waals surface area contributed by atoms with E-state index >= 15 is 0 Å². The lowest BCUT2D eigenvalue weighted by atomic mass is 9.95. The summed E-state index contributed by atoms with van der Waals surface area (Å²) in [7, 11) is -1.99. The summed E-state index contributed by atoms with van der Waals surface area (Å²) in [5.41, 5.74) is 2.55. The number of aliphatic carboxylic acids is 1. The molecule has 0 amide bonds. The molecule has 1 N–H and O–H groups in total. The van der Waals surface area contributed by atoms with Crippen molar-refractivity contribution in [3.05, 3.63) is 47.4 Å². The van der Waals surface area contributed by atoms with Gasteiger partial charge >= 0.3 is 12.0 Å². The van der Waals surface area contributed by atoms with Crippen LogP contribution in [0.4, 0.5) is 0 Å². The highest BCUT2D eigenvalue weighted by Crippen LogP contribution is 2.25. The summed E-state index contributed by atoms with van der Waals surface area (Å²) in [4.78, 5) is 20.5. The zero-order chi connectivity index (χ0) is 28.8. The Morgan fingerprint density at radius 3 is 2.69 bits per heavy atom. The van der Waals surface area contributed by atoms with Crippen LogP contribution in [0.5, 0.6) is 11.9 Å². The molecule has 0 fully saturated rings. The average Bonchev–Trinajstić information content (AvgIpc) is 3.26. The number of pyridine rings is 1. The smallest absolute Gasteiger partial charge is 0.317 e. The van der Waals surface area contributed by atoms with Crippen LogP contribution in [-0.4, -0.2) is 64.6 Å². The van der Waals surface area contributed by atoms with Gasteiger partial charge in [-0.25, -0.2) is 4.98 Å². The van der Waals surface area contributed by atoms with Crippen LogP contribution in [0.25, 0.3) is 5.57 Å². The lowest BCUT2D eigenvalue weighted by molar-refractivity contribution is -0.148. The number of rotatable bonds is 10. The molecule has 1 aliphatic rings. The van der Waals surface area contributed by atoms with Crippen molar-refractivity contribution in [3.63, 3.8) is 0 Å². The summed E-state index contributed by atoms with van der Waals surface area (Å²) in [5.74, 6) is 0.327. The lowest BCUT2D eigenvalue weighted by Crippen LogP contribution is -2.30. The van der Waals surface area contributed by atoms with Gasteiger partial charge in [0.15, 0.2) is 8.24 Å². The molecule has 0 spiro atoms. The second kappa shape index (κ2) is 12.7. The summed E-state index contributed by atoms with van der Waals surface area (Å²) in [6.45, 7) is 17.2. The minimum absolute atomic E-state index is 0.0254. The van der Waals surface area contributed by atoms with E-state index in [1.165, 1.54) is 0 Å². The van der Waals surface area contributed by atoms with Crippen molar-refractivity contribution in [1.29, 1.82) is 0 Å². The van der Waals surface area contributed by atoms with Crippen molar-refractivity contribution >= 4 is 25.5 Å². The number of aromatic nitrogens is 4. The molecule has 212 valence electrons. The summed E-state index contributed by atoms with van der Waals surface area (Å²) in [5, 5.41) is 14.0. The van der Waals surface area contributed by atoms with E-state index < -0.39 is 19.6 Å². The van der Waals surface area contributed by atoms with Crippen molar-refractivity contribution in [2.75, 3.05) is 19.8 Å². The molecule has 0 unspecified atom stereocenters. The van der Waals surface area contributed by atoms with Crippen LogP contribution in [0.3, 0.4) is 0 Å².